The summed E-state index contributed by atoms with van der Waals surface area (Å²) in [5, 5.41) is 13.3. The Labute approximate surface area is 123 Å². The third-order valence-electron chi connectivity index (χ3n) is 3.37. The molecule has 1 aliphatic heterocycles. The van der Waals surface area contributed by atoms with Crippen LogP contribution in [0.5, 0.6) is 0 Å². The Bertz CT molecular complexity index is 672. The van der Waals surface area contributed by atoms with Crippen LogP contribution in [0.1, 0.15) is 22.0 Å². The molecule has 3 nitrogen and oxygen atoms in total. The van der Waals surface area contributed by atoms with Crippen molar-refractivity contribution in [2.75, 3.05) is 5.32 Å². The fraction of sp³-hybridized carbons (Fsp3) is 0.133. The van der Waals surface area contributed by atoms with Crippen molar-refractivity contribution in [3.05, 3.63) is 63.9 Å². The molecule has 0 aliphatic carbocycles. The summed E-state index contributed by atoms with van der Waals surface area (Å²) in [6.45, 7) is 0. The molecule has 20 heavy (non-hydrogen) atoms. The molecular weight excluding hydrogens is 325 g/mol. The zero-order valence-corrected chi connectivity index (χ0v) is 11.9. The van der Waals surface area contributed by atoms with Crippen LogP contribution in [-0.2, 0) is 0 Å². The summed E-state index contributed by atoms with van der Waals surface area (Å²) in [5.74, 6) is -0.691. The highest BCUT2D eigenvalue weighted by Gasteiger charge is 2.34. The van der Waals surface area contributed by atoms with Crippen LogP contribution in [0, 0.1) is 5.82 Å². The molecule has 1 aliphatic rings. The lowest BCUT2D eigenvalue weighted by Crippen LogP contribution is -2.37. The van der Waals surface area contributed by atoms with Gasteiger partial charge >= 0.3 is 0 Å². The van der Waals surface area contributed by atoms with Crippen molar-refractivity contribution in [2.45, 2.75) is 12.1 Å². The number of carbonyl (C=O) groups excluding carboxylic acids is 1. The molecule has 2 aromatic carbocycles. The van der Waals surface area contributed by atoms with Crippen molar-refractivity contribution >= 4 is 27.4 Å². The van der Waals surface area contributed by atoms with Crippen LogP contribution in [0.15, 0.2) is 46.9 Å². The fourth-order valence-corrected chi connectivity index (χ4v) is 2.70. The standard InChI is InChI=1S/C15H11BrFNO2/c16-9-3-6-12-11(7-9)14(19)15(20)13(18-12)8-1-4-10(17)5-2-8/h1-7,13,15,18,20H/t13-,15+/m0/s1. The number of benzene rings is 2. The normalized spacial score (nSPS) is 21.2. The van der Waals surface area contributed by atoms with E-state index >= 15 is 0 Å². The number of aliphatic hydroxyl groups is 1. The first-order valence-electron chi connectivity index (χ1n) is 6.10. The molecule has 0 spiro atoms. The quantitative estimate of drug-likeness (QED) is 0.840. The van der Waals surface area contributed by atoms with E-state index in [1.54, 1.807) is 24.3 Å². The van der Waals surface area contributed by atoms with Crippen LogP contribution >= 0.6 is 15.9 Å². The van der Waals surface area contributed by atoms with Gasteiger partial charge in [0.2, 0.25) is 0 Å². The lowest BCUT2D eigenvalue weighted by atomic mass is 9.90. The number of ketones is 1. The molecule has 1 heterocycles. The molecule has 0 saturated carbocycles. The number of fused-ring (bicyclic) bond motifs is 1. The Morgan fingerprint density at radius 1 is 1.15 bits per heavy atom. The Hall–Kier alpha value is -1.72. The molecule has 5 heteroatoms. The highest BCUT2D eigenvalue weighted by atomic mass is 79.9. The molecule has 3 rings (SSSR count). The van der Waals surface area contributed by atoms with Gasteiger partial charge in [0.1, 0.15) is 11.9 Å². The van der Waals surface area contributed by atoms with E-state index in [1.807, 2.05) is 6.07 Å². The first-order chi connectivity index (χ1) is 9.56. The van der Waals surface area contributed by atoms with Crippen LogP contribution in [-0.4, -0.2) is 17.0 Å². The lowest BCUT2D eigenvalue weighted by molar-refractivity contribution is 0.0695. The van der Waals surface area contributed by atoms with E-state index in [0.29, 0.717) is 16.8 Å². The summed E-state index contributed by atoms with van der Waals surface area (Å²) in [4.78, 5) is 12.2. The number of rotatable bonds is 1. The Morgan fingerprint density at radius 3 is 2.55 bits per heavy atom. The summed E-state index contributed by atoms with van der Waals surface area (Å²) >= 11 is 3.30. The summed E-state index contributed by atoms with van der Waals surface area (Å²) in [7, 11) is 0. The lowest BCUT2D eigenvalue weighted by Gasteiger charge is -2.31. The van der Waals surface area contributed by atoms with Crippen LogP contribution < -0.4 is 5.32 Å². The van der Waals surface area contributed by atoms with Crippen molar-refractivity contribution in [1.29, 1.82) is 0 Å². The zero-order valence-electron chi connectivity index (χ0n) is 10.3. The summed E-state index contributed by atoms with van der Waals surface area (Å²) in [6, 6.07) is 10.4. The molecule has 0 aromatic heterocycles. The molecule has 0 amide bonds. The van der Waals surface area contributed by atoms with Gasteiger partial charge in [0.25, 0.3) is 0 Å². The molecule has 102 valence electrons. The Kier molecular flexibility index (Phi) is 3.31. The number of anilines is 1. The second-order valence-corrected chi connectivity index (χ2v) is 5.59. The summed E-state index contributed by atoms with van der Waals surface area (Å²) < 4.78 is 13.7. The van der Waals surface area contributed by atoms with Crippen molar-refractivity contribution in [1.82, 2.24) is 0 Å². The minimum Gasteiger partial charge on any atom is -0.382 e. The Balaban J connectivity index is 2.02. The van der Waals surface area contributed by atoms with Gasteiger partial charge in [-0.15, -0.1) is 0 Å². The van der Waals surface area contributed by atoms with Crippen molar-refractivity contribution in [2.24, 2.45) is 0 Å². The highest BCUT2D eigenvalue weighted by Crippen LogP contribution is 2.34. The molecule has 0 bridgehead atoms. The molecular formula is C15H11BrFNO2. The number of Topliss-reactive ketones (excluding diaryl/α,β-unsaturated/α-hetero) is 1. The number of halogens is 2. The van der Waals surface area contributed by atoms with Crippen LogP contribution in [0.2, 0.25) is 0 Å². The van der Waals surface area contributed by atoms with Gasteiger partial charge in [-0.3, -0.25) is 4.79 Å². The van der Waals surface area contributed by atoms with E-state index in [-0.39, 0.29) is 11.6 Å². The number of hydrogen-bond acceptors (Lipinski definition) is 3. The molecule has 0 saturated heterocycles. The fourth-order valence-electron chi connectivity index (χ4n) is 2.34. The van der Waals surface area contributed by atoms with Crippen LogP contribution in [0.25, 0.3) is 0 Å². The van der Waals surface area contributed by atoms with Gasteiger partial charge in [-0.25, -0.2) is 4.39 Å². The third kappa shape index (κ3) is 2.23. The zero-order chi connectivity index (χ0) is 14.3. The predicted octanol–water partition coefficient (Wildman–Crippen LogP) is 3.30. The largest absolute Gasteiger partial charge is 0.382 e. The molecule has 0 radical (unpaired) electrons. The molecule has 2 atom stereocenters. The average Bonchev–Trinajstić information content (AvgIpc) is 2.44. The van der Waals surface area contributed by atoms with Gasteiger partial charge in [0.05, 0.1) is 6.04 Å². The second kappa shape index (κ2) is 5.00. The number of carbonyl (C=O) groups is 1. The molecule has 0 fully saturated rings. The van der Waals surface area contributed by atoms with E-state index in [1.165, 1.54) is 12.1 Å². The van der Waals surface area contributed by atoms with Crippen LogP contribution in [0.4, 0.5) is 10.1 Å². The molecule has 2 aromatic rings. The SMILES string of the molecule is O=C1c2cc(Br)ccc2N[C@@H](c2ccc(F)cc2)[C@H]1O. The first kappa shape index (κ1) is 13.3. The van der Waals surface area contributed by atoms with E-state index in [9.17, 15) is 14.3 Å². The number of aliphatic hydroxyl groups excluding tert-OH is 1. The second-order valence-electron chi connectivity index (χ2n) is 4.67. The van der Waals surface area contributed by atoms with Crippen LogP contribution in [0.3, 0.4) is 0 Å². The van der Waals surface area contributed by atoms with Gasteiger partial charge in [0, 0.05) is 15.7 Å². The molecule has 0 unspecified atom stereocenters. The highest BCUT2D eigenvalue weighted by molar-refractivity contribution is 9.10. The maximum absolute atomic E-state index is 13.0. The summed E-state index contributed by atoms with van der Waals surface area (Å²) in [5.41, 5.74) is 1.78. The minimum absolute atomic E-state index is 0.339. The summed E-state index contributed by atoms with van der Waals surface area (Å²) in [6.07, 6.45) is -1.19. The first-order valence-corrected chi connectivity index (χ1v) is 6.89. The monoisotopic (exact) mass is 335 g/mol. The molecule has 2 N–H and O–H groups in total. The van der Waals surface area contributed by atoms with Crippen molar-refractivity contribution in [3.63, 3.8) is 0 Å². The van der Waals surface area contributed by atoms with E-state index in [2.05, 4.69) is 21.2 Å². The topological polar surface area (TPSA) is 49.3 Å². The van der Waals surface area contributed by atoms with E-state index < -0.39 is 12.1 Å². The smallest absolute Gasteiger partial charge is 0.195 e. The van der Waals surface area contributed by atoms with Gasteiger partial charge < -0.3 is 10.4 Å². The number of nitrogens with one attached hydrogen (secondary N) is 1. The van der Waals surface area contributed by atoms with Crippen molar-refractivity contribution in [3.8, 4) is 0 Å². The minimum atomic E-state index is -1.19. The van der Waals surface area contributed by atoms with Gasteiger partial charge in [-0.1, -0.05) is 28.1 Å². The maximum atomic E-state index is 13.0. The van der Waals surface area contributed by atoms with E-state index in [4.69, 9.17) is 0 Å². The Morgan fingerprint density at radius 2 is 1.85 bits per heavy atom. The average molecular weight is 336 g/mol. The van der Waals surface area contributed by atoms with E-state index in [0.717, 1.165) is 4.47 Å². The van der Waals surface area contributed by atoms with Gasteiger partial charge in [-0.2, -0.15) is 0 Å². The van der Waals surface area contributed by atoms with Gasteiger partial charge in [0.15, 0.2) is 5.78 Å². The van der Waals surface area contributed by atoms with Gasteiger partial charge in [-0.05, 0) is 35.9 Å². The predicted molar refractivity (Wildman–Crippen MR) is 77.2 cm³/mol. The van der Waals surface area contributed by atoms with Crippen molar-refractivity contribution < 1.29 is 14.3 Å². The number of hydrogen-bond donors (Lipinski definition) is 2. The maximum Gasteiger partial charge on any atom is 0.195 e. The third-order valence-corrected chi connectivity index (χ3v) is 3.86.